The Morgan fingerprint density at radius 2 is 2.22 bits per heavy atom. The maximum absolute atomic E-state index is 12.2. The summed E-state index contributed by atoms with van der Waals surface area (Å²) < 4.78 is 0. The van der Waals surface area contributed by atoms with Gasteiger partial charge in [-0.05, 0) is 31.0 Å². The van der Waals surface area contributed by atoms with Crippen LogP contribution in [0.4, 0.5) is 0 Å². The summed E-state index contributed by atoms with van der Waals surface area (Å²) in [6.07, 6.45) is 1.72. The molecule has 1 amide bonds. The molecule has 1 saturated heterocycles. The molecule has 0 spiro atoms. The van der Waals surface area contributed by atoms with Crippen molar-refractivity contribution >= 4 is 5.91 Å². The van der Waals surface area contributed by atoms with E-state index >= 15 is 0 Å². The molecule has 90 valence electrons. The summed E-state index contributed by atoms with van der Waals surface area (Å²) in [6.45, 7) is 1.18. The number of carbonyl (C=O) groups excluding carboxylic acids is 1. The summed E-state index contributed by atoms with van der Waals surface area (Å²) in [5.74, 6) is -0.158. The molecule has 1 unspecified atom stereocenters. The quantitative estimate of drug-likeness (QED) is 0.752. The molecule has 0 saturated carbocycles. The van der Waals surface area contributed by atoms with Crippen molar-refractivity contribution in [3.05, 3.63) is 35.4 Å². The zero-order chi connectivity index (χ0) is 13.0. The van der Waals surface area contributed by atoms with Crippen LogP contribution in [0.15, 0.2) is 24.3 Å². The van der Waals surface area contributed by atoms with Gasteiger partial charge >= 0.3 is 0 Å². The minimum atomic E-state index is -0.0907. The van der Waals surface area contributed by atoms with E-state index in [9.17, 15) is 4.79 Å². The highest BCUT2D eigenvalue weighted by Crippen LogP contribution is 2.18. The Labute approximate surface area is 106 Å². The third-order valence-corrected chi connectivity index (χ3v) is 3.13. The average molecular weight is 239 g/mol. The van der Waals surface area contributed by atoms with Gasteiger partial charge in [0.2, 0.25) is 0 Å². The van der Waals surface area contributed by atoms with E-state index in [1.165, 1.54) is 0 Å². The fourth-order valence-corrected chi connectivity index (χ4v) is 2.17. The monoisotopic (exact) mass is 239 g/mol. The van der Waals surface area contributed by atoms with E-state index in [4.69, 9.17) is 10.5 Å². The Morgan fingerprint density at radius 3 is 2.94 bits per heavy atom. The lowest BCUT2D eigenvalue weighted by molar-refractivity contribution is 0.0699. The fourth-order valence-electron chi connectivity index (χ4n) is 2.17. The standard InChI is InChI=1S/C14H13N3O/c15-8-11-3-1-5-13(7-11)14(18)17-6-2-4-12(9-16)10-17/h1,3,5,7,12H,2,4,6,10H2. The third kappa shape index (κ3) is 2.49. The van der Waals surface area contributed by atoms with Crippen LogP contribution < -0.4 is 0 Å². The minimum Gasteiger partial charge on any atom is -0.337 e. The summed E-state index contributed by atoms with van der Waals surface area (Å²) in [6, 6.07) is 10.9. The largest absolute Gasteiger partial charge is 0.337 e. The molecule has 0 radical (unpaired) electrons. The molecule has 1 heterocycles. The summed E-state index contributed by atoms with van der Waals surface area (Å²) in [5.41, 5.74) is 1.00. The number of hydrogen-bond acceptors (Lipinski definition) is 3. The van der Waals surface area contributed by atoms with Gasteiger partial charge in [-0.1, -0.05) is 6.07 Å². The predicted octanol–water partition coefficient (Wildman–Crippen LogP) is 1.93. The number of nitriles is 2. The van der Waals surface area contributed by atoms with Gasteiger partial charge in [0.15, 0.2) is 0 Å². The normalized spacial score (nSPS) is 18.8. The number of amides is 1. The molecule has 1 atom stereocenters. The van der Waals surface area contributed by atoms with Gasteiger partial charge in [-0.3, -0.25) is 4.79 Å². The number of piperidine rings is 1. The van der Waals surface area contributed by atoms with Crippen molar-refractivity contribution in [2.45, 2.75) is 12.8 Å². The number of likely N-dealkylation sites (tertiary alicyclic amines) is 1. The van der Waals surface area contributed by atoms with Gasteiger partial charge < -0.3 is 4.90 Å². The summed E-state index contributed by atoms with van der Waals surface area (Å²) >= 11 is 0. The van der Waals surface area contributed by atoms with Crippen LogP contribution >= 0.6 is 0 Å². The zero-order valence-electron chi connectivity index (χ0n) is 9.97. The van der Waals surface area contributed by atoms with E-state index < -0.39 is 0 Å². The first-order valence-electron chi connectivity index (χ1n) is 5.93. The number of carbonyl (C=O) groups is 1. The summed E-state index contributed by atoms with van der Waals surface area (Å²) in [5, 5.41) is 17.7. The Balaban J connectivity index is 2.16. The van der Waals surface area contributed by atoms with Crippen LogP contribution in [-0.4, -0.2) is 23.9 Å². The van der Waals surface area contributed by atoms with E-state index in [-0.39, 0.29) is 11.8 Å². The molecule has 4 heteroatoms. The molecule has 1 aliphatic heterocycles. The van der Waals surface area contributed by atoms with E-state index in [0.29, 0.717) is 24.2 Å². The van der Waals surface area contributed by atoms with Crippen molar-refractivity contribution in [2.24, 2.45) is 5.92 Å². The van der Waals surface area contributed by atoms with E-state index in [2.05, 4.69) is 6.07 Å². The van der Waals surface area contributed by atoms with Crippen molar-refractivity contribution in [3.63, 3.8) is 0 Å². The molecule has 1 aromatic rings. The second-order valence-corrected chi connectivity index (χ2v) is 4.41. The molecular formula is C14H13N3O. The minimum absolute atomic E-state index is 0.0677. The molecule has 0 aromatic heterocycles. The average Bonchev–Trinajstić information content (AvgIpc) is 2.46. The lowest BCUT2D eigenvalue weighted by atomic mass is 9.99. The molecular weight excluding hydrogens is 226 g/mol. The van der Waals surface area contributed by atoms with Gasteiger partial charge in [-0.2, -0.15) is 10.5 Å². The van der Waals surface area contributed by atoms with Gasteiger partial charge in [-0.15, -0.1) is 0 Å². The van der Waals surface area contributed by atoms with Gasteiger partial charge in [-0.25, -0.2) is 0 Å². The first-order valence-corrected chi connectivity index (χ1v) is 5.93. The highest BCUT2D eigenvalue weighted by Gasteiger charge is 2.24. The number of rotatable bonds is 1. The Morgan fingerprint density at radius 1 is 1.39 bits per heavy atom. The van der Waals surface area contributed by atoms with Crippen molar-refractivity contribution < 1.29 is 4.79 Å². The second-order valence-electron chi connectivity index (χ2n) is 4.41. The van der Waals surface area contributed by atoms with E-state index in [1.54, 1.807) is 29.2 Å². The molecule has 0 bridgehead atoms. The second kappa shape index (κ2) is 5.33. The Hall–Kier alpha value is -2.33. The summed E-state index contributed by atoms with van der Waals surface area (Å²) in [4.78, 5) is 13.9. The van der Waals surface area contributed by atoms with Crippen LogP contribution in [0.2, 0.25) is 0 Å². The topological polar surface area (TPSA) is 67.9 Å². The molecule has 18 heavy (non-hydrogen) atoms. The Kier molecular flexibility index (Phi) is 3.60. The number of nitrogens with zero attached hydrogens (tertiary/aromatic N) is 3. The van der Waals surface area contributed by atoms with Crippen LogP contribution in [0.3, 0.4) is 0 Å². The van der Waals surface area contributed by atoms with Crippen molar-refractivity contribution in [3.8, 4) is 12.1 Å². The van der Waals surface area contributed by atoms with Crippen LogP contribution in [-0.2, 0) is 0 Å². The Bertz CT molecular complexity index is 539. The fraction of sp³-hybridized carbons (Fsp3) is 0.357. The van der Waals surface area contributed by atoms with Gasteiger partial charge in [0, 0.05) is 18.7 Å². The molecule has 1 aromatic carbocycles. The lowest BCUT2D eigenvalue weighted by Crippen LogP contribution is -2.39. The molecule has 0 N–H and O–H groups in total. The van der Waals surface area contributed by atoms with E-state index in [0.717, 1.165) is 12.8 Å². The van der Waals surface area contributed by atoms with Gasteiger partial charge in [0.05, 0.1) is 23.6 Å². The predicted molar refractivity (Wildman–Crippen MR) is 65.4 cm³/mol. The smallest absolute Gasteiger partial charge is 0.253 e. The van der Waals surface area contributed by atoms with Crippen LogP contribution in [0.25, 0.3) is 0 Å². The third-order valence-electron chi connectivity index (χ3n) is 3.13. The van der Waals surface area contributed by atoms with Gasteiger partial charge in [0.25, 0.3) is 5.91 Å². The first-order chi connectivity index (χ1) is 8.74. The van der Waals surface area contributed by atoms with Gasteiger partial charge in [0.1, 0.15) is 0 Å². The SMILES string of the molecule is N#Cc1cccc(C(=O)N2CCCC(C#N)C2)c1. The van der Waals surface area contributed by atoms with Crippen LogP contribution in [0.1, 0.15) is 28.8 Å². The highest BCUT2D eigenvalue weighted by molar-refractivity contribution is 5.94. The summed E-state index contributed by atoms with van der Waals surface area (Å²) in [7, 11) is 0. The molecule has 2 rings (SSSR count). The van der Waals surface area contributed by atoms with Crippen molar-refractivity contribution in [1.29, 1.82) is 10.5 Å². The maximum Gasteiger partial charge on any atom is 0.253 e. The molecule has 1 fully saturated rings. The van der Waals surface area contributed by atoms with Crippen LogP contribution in [0.5, 0.6) is 0 Å². The van der Waals surface area contributed by atoms with E-state index in [1.807, 2.05) is 6.07 Å². The number of benzene rings is 1. The first kappa shape index (κ1) is 12.1. The van der Waals surface area contributed by atoms with Crippen LogP contribution in [0, 0.1) is 28.6 Å². The molecule has 4 nitrogen and oxygen atoms in total. The number of hydrogen-bond donors (Lipinski definition) is 0. The molecule has 1 aliphatic rings. The molecule has 0 aliphatic carbocycles. The lowest BCUT2D eigenvalue weighted by Gasteiger charge is -2.29. The maximum atomic E-state index is 12.2. The van der Waals surface area contributed by atoms with Crippen molar-refractivity contribution in [2.75, 3.05) is 13.1 Å². The zero-order valence-corrected chi connectivity index (χ0v) is 9.97. The van der Waals surface area contributed by atoms with Crippen molar-refractivity contribution in [1.82, 2.24) is 4.90 Å². The highest BCUT2D eigenvalue weighted by atomic mass is 16.2.